The van der Waals surface area contributed by atoms with Crippen LogP contribution in [0.1, 0.15) is 26.7 Å². The molecule has 0 spiro atoms. The fourth-order valence-electron chi connectivity index (χ4n) is 1.10. The van der Waals surface area contributed by atoms with E-state index in [1.54, 1.807) is 6.92 Å². The van der Waals surface area contributed by atoms with Crippen LogP contribution in [-0.4, -0.2) is 20.7 Å². The summed E-state index contributed by atoms with van der Waals surface area (Å²) in [6.45, 7) is 3.27. The molecule has 0 atom stereocenters. The Kier molecular flexibility index (Phi) is 6.43. The Bertz CT molecular complexity index is 340. The Morgan fingerprint density at radius 1 is 1.40 bits per heavy atom. The zero-order valence-corrected chi connectivity index (χ0v) is 9.98. The summed E-state index contributed by atoms with van der Waals surface area (Å²) in [7, 11) is -3.35. The molecular formula is C10H18FNO2S. The van der Waals surface area contributed by atoms with Crippen molar-refractivity contribution in [2.45, 2.75) is 26.7 Å². The highest BCUT2D eigenvalue weighted by Crippen LogP contribution is 2.14. The van der Waals surface area contributed by atoms with E-state index in [0.29, 0.717) is 19.4 Å². The quantitative estimate of drug-likeness (QED) is 0.565. The maximum atomic E-state index is 12.6. The van der Waals surface area contributed by atoms with E-state index in [1.807, 2.05) is 0 Å². The van der Waals surface area contributed by atoms with Crippen molar-refractivity contribution in [2.75, 3.05) is 12.3 Å². The second-order valence-corrected chi connectivity index (χ2v) is 5.35. The molecule has 0 saturated heterocycles. The first-order valence-corrected chi connectivity index (χ1v) is 6.52. The molecule has 0 heterocycles. The van der Waals surface area contributed by atoms with E-state index in [2.05, 4.69) is 0 Å². The third-order valence-corrected chi connectivity index (χ3v) is 3.75. The van der Waals surface area contributed by atoms with Crippen molar-refractivity contribution in [3.8, 4) is 0 Å². The van der Waals surface area contributed by atoms with Crippen LogP contribution in [0.15, 0.2) is 22.9 Å². The molecule has 0 amide bonds. The molecule has 0 rings (SSSR count). The van der Waals surface area contributed by atoms with Gasteiger partial charge in [-0.2, -0.15) is 0 Å². The fraction of sp³-hybridized carbons (Fsp3) is 0.600. The van der Waals surface area contributed by atoms with Gasteiger partial charge in [0.05, 0.1) is 16.5 Å². The molecule has 0 aliphatic rings. The molecule has 15 heavy (non-hydrogen) atoms. The lowest BCUT2D eigenvalue weighted by Gasteiger charge is -2.04. The molecule has 3 nitrogen and oxygen atoms in total. The highest BCUT2D eigenvalue weighted by molar-refractivity contribution is 7.95. The van der Waals surface area contributed by atoms with Crippen molar-refractivity contribution in [1.29, 1.82) is 0 Å². The van der Waals surface area contributed by atoms with E-state index in [-0.39, 0.29) is 10.7 Å². The SMILES string of the molecule is C/C=C(\C=C(/C)F)S(=O)(=O)CCCCN. The summed E-state index contributed by atoms with van der Waals surface area (Å²) >= 11 is 0. The molecule has 88 valence electrons. The Labute approximate surface area is 90.8 Å². The van der Waals surface area contributed by atoms with Gasteiger partial charge in [0.1, 0.15) is 0 Å². The van der Waals surface area contributed by atoms with Crippen LogP contribution in [0.5, 0.6) is 0 Å². The molecule has 0 radical (unpaired) electrons. The second-order valence-electron chi connectivity index (χ2n) is 3.24. The maximum absolute atomic E-state index is 12.6. The number of hydrogen-bond acceptors (Lipinski definition) is 3. The molecule has 0 aliphatic heterocycles. The van der Waals surface area contributed by atoms with Gasteiger partial charge in [-0.25, -0.2) is 12.8 Å². The highest BCUT2D eigenvalue weighted by atomic mass is 32.2. The van der Waals surface area contributed by atoms with E-state index in [0.717, 1.165) is 6.08 Å². The number of allylic oxidation sites excluding steroid dienone is 3. The highest BCUT2D eigenvalue weighted by Gasteiger charge is 2.14. The number of sulfone groups is 1. The molecule has 0 bridgehead atoms. The summed E-state index contributed by atoms with van der Waals surface area (Å²) in [5.41, 5.74) is 5.27. The van der Waals surface area contributed by atoms with Crippen LogP contribution in [0.25, 0.3) is 0 Å². The molecule has 2 N–H and O–H groups in total. The van der Waals surface area contributed by atoms with E-state index in [4.69, 9.17) is 5.73 Å². The van der Waals surface area contributed by atoms with Gasteiger partial charge < -0.3 is 5.73 Å². The van der Waals surface area contributed by atoms with Crippen LogP contribution < -0.4 is 5.73 Å². The third-order valence-electron chi connectivity index (χ3n) is 1.85. The van der Waals surface area contributed by atoms with Gasteiger partial charge in [0, 0.05) is 0 Å². The average Bonchev–Trinajstić information content (AvgIpc) is 2.14. The molecular weight excluding hydrogens is 217 g/mol. The fourth-order valence-corrected chi connectivity index (χ4v) is 2.62. The first-order valence-electron chi connectivity index (χ1n) is 4.87. The van der Waals surface area contributed by atoms with E-state index in [9.17, 15) is 12.8 Å². The second kappa shape index (κ2) is 6.74. The number of hydrogen-bond donors (Lipinski definition) is 1. The van der Waals surface area contributed by atoms with Crippen LogP contribution in [0, 0.1) is 0 Å². The molecule has 0 unspecified atom stereocenters. The molecule has 0 aliphatic carbocycles. The standard InChI is InChI=1S/C10H18FNO2S/c1-3-10(8-9(2)11)15(13,14)7-5-4-6-12/h3,8H,4-7,12H2,1-2H3/b9-8+,10-3+. The average molecular weight is 235 g/mol. The van der Waals surface area contributed by atoms with Gasteiger partial charge in [-0.1, -0.05) is 6.08 Å². The molecule has 0 saturated carbocycles. The van der Waals surface area contributed by atoms with Crippen LogP contribution in [0.2, 0.25) is 0 Å². The lowest BCUT2D eigenvalue weighted by atomic mass is 10.3. The topological polar surface area (TPSA) is 60.2 Å². The van der Waals surface area contributed by atoms with Crippen molar-refractivity contribution >= 4 is 9.84 Å². The summed E-state index contributed by atoms with van der Waals surface area (Å²) < 4.78 is 35.9. The van der Waals surface area contributed by atoms with Gasteiger partial charge in [-0.3, -0.25) is 0 Å². The van der Waals surface area contributed by atoms with Crippen LogP contribution in [0.3, 0.4) is 0 Å². The molecule has 5 heteroatoms. The maximum Gasteiger partial charge on any atom is 0.178 e. The normalized spacial score (nSPS) is 14.4. The third kappa shape index (κ3) is 5.69. The van der Waals surface area contributed by atoms with Crippen molar-refractivity contribution in [3.05, 3.63) is 22.9 Å². The van der Waals surface area contributed by atoms with Crippen molar-refractivity contribution < 1.29 is 12.8 Å². The van der Waals surface area contributed by atoms with Gasteiger partial charge in [-0.05, 0) is 39.3 Å². The first kappa shape index (κ1) is 14.3. The summed E-state index contributed by atoms with van der Waals surface area (Å²) in [5, 5.41) is 0. The van der Waals surface area contributed by atoms with Gasteiger partial charge >= 0.3 is 0 Å². The van der Waals surface area contributed by atoms with Gasteiger partial charge in [0.25, 0.3) is 0 Å². The van der Waals surface area contributed by atoms with Crippen LogP contribution >= 0.6 is 0 Å². The predicted octanol–water partition coefficient (Wildman–Crippen LogP) is 1.92. The Balaban J connectivity index is 4.63. The summed E-state index contributed by atoms with van der Waals surface area (Å²) in [5.74, 6) is -0.487. The van der Waals surface area contributed by atoms with E-state index < -0.39 is 15.7 Å². The first-order chi connectivity index (χ1) is 6.94. The number of unbranched alkanes of at least 4 members (excludes halogenated alkanes) is 1. The minimum atomic E-state index is -3.35. The summed E-state index contributed by atoms with van der Waals surface area (Å²) in [4.78, 5) is 0.0412. The van der Waals surface area contributed by atoms with E-state index >= 15 is 0 Å². The Hall–Kier alpha value is -0.680. The van der Waals surface area contributed by atoms with E-state index in [1.165, 1.54) is 13.0 Å². The molecule has 0 fully saturated rings. The number of nitrogens with two attached hydrogens (primary N) is 1. The smallest absolute Gasteiger partial charge is 0.178 e. The Morgan fingerprint density at radius 3 is 2.40 bits per heavy atom. The van der Waals surface area contributed by atoms with Gasteiger partial charge in [0.15, 0.2) is 9.84 Å². The summed E-state index contributed by atoms with van der Waals surface area (Å²) in [6, 6.07) is 0. The lowest BCUT2D eigenvalue weighted by molar-refractivity contribution is 0.597. The van der Waals surface area contributed by atoms with Crippen molar-refractivity contribution in [1.82, 2.24) is 0 Å². The molecule has 0 aromatic heterocycles. The largest absolute Gasteiger partial charge is 0.330 e. The van der Waals surface area contributed by atoms with Gasteiger partial charge in [-0.15, -0.1) is 0 Å². The van der Waals surface area contributed by atoms with Crippen molar-refractivity contribution in [2.24, 2.45) is 5.73 Å². The minimum absolute atomic E-state index is 0.0215. The zero-order chi connectivity index (χ0) is 11.9. The van der Waals surface area contributed by atoms with Crippen LogP contribution in [0.4, 0.5) is 4.39 Å². The lowest BCUT2D eigenvalue weighted by Crippen LogP contribution is -2.10. The number of rotatable bonds is 6. The molecule has 0 aromatic rings. The summed E-state index contributed by atoms with van der Waals surface area (Å²) in [6.07, 6.45) is 3.61. The zero-order valence-electron chi connectivity index (χ0n) is 9.16. The van der Waals surface area contributed by atoms with Crippen molar-refractivity contribution in [3.63, 3.8) is 0 Å². The Morgan fingerprint density at radius 2 is 2.00 bits per heavy atom. The van der Waals surface area contributed by atoms with Crippen LogP contribution in [-0.2, 0) is 9.84 Å². The number of halogens is 1. The predicted molar refractivity (Wildman–Crippen MR) is 60.7 cm³/mol. The minimum Gasteiger partial charge on any atom is -0.330 e. The molecule has 0 aromatic carbocycles. The monoisotopic (exact) mass is 235 g/mol. The van der Waals surface area contributed by atoms with Gasteiger partial charge in [0.2, 0.25) is 0 Å².